The number of hydrogen-bond acceptors (Lipinski definition) is 5. The van der Waals surface area contributed by atoms with E-state index in [9.17, 15) is 19.5 Å². The highest BCUT2D eigenvalue weighted by atomic mass is 35.5. The van der Waals surface area contributed by atoms with Crippen LogP contribution in [0, 0.1) is 11.8 Å². The van der Waals surface area contributed by atoms with E-state index in [0.717, 1.165) is 22.6 Å². The van der Waals surface area contributed by atoms with Crippen LogP contribution >= 0.6 is 23.2 Å². The zero-order chi connectivity index (χ0) is 30.5. The van der Waals surface area contributed by atoms with Crippen LogP contribution in [0.3, 0.4) is 0 Å². The van der Waals surface area contributed by atoms with Crippen LogP contribution in [0.25, 0.3) is 0 Å². The number of halogens is 2. The lowest BCUT2D eigenvalue weighted by molar-refractivity contribution is -0.145. The predicted molar refractivity (Wildman–Crippen MR) is 167 cm³/mol. The molecule has 0 aromatic heterocycles. The van der Waals surface area contributed by atoms with Gasteiger partial charge in [0.15, 0.2) is 0 Å². The highest BCUT2D eigenvalue weighted by molar-refractivity contribution is 6.35. The Morgan fingerprint density at radius 1 is 0.953 bits per heavy atom. The fraction of sp³-hybridized carbons (Fsp3) is 0.364. The van der Waals surface area contributed by atoms with Gasteiger partial charge in [-0.15, -0.1) is 0 Å². The van der Waals surface area contributed by atoms with E-state index in [1.807, 2.05) is 53.4 Å². The van der Waals surface area contributed by atoms with Gasteiger partial charge in [0.1, 0.15) is 5.75 Å². The molecule has 8 nitrogen and oxygen atoms in total. The van der Waals surface area contributed by atoms with Crippen molar-refractivity contribution >= 4 is 46.7 Å². The number of methoxy groups -OCH3 is 1. The average molecular weight is 625 g/mol. The summed E-state index contributed by atoms with van der Waals surface area (Å²) >= 11 is 12.5. The number of piperazine rings is 1. The molecule has 1 N–H and O–H groups in total. The fourth-order valence-corrected chi connectivity index (χ4v) is 6.65. The van der Waals surface area contributed by atoms with E-state index in [1.165, 1.54) is 0 Å². The first-order valence-electron chi connectivity index (χ1n) is 14.4. The minimum Gasteiger partial charge on any atom is -0.495 e. The van der Waals surface area contributed by atoms with Gasteiger partial charge in [-0.3, -0.25) is 14.4 Å². The van der Waals surface area contributed by atoms with E-state index in [4.69, 9.17) is 27.9 Å². The summed E-state index contributed by atoms with van der Waals surface area (Å²) in [6.45, 7) is 3.06. The molecule has 226 valence electrons. The van der Waals surface area contributed by atoms with Gasteiger partial charge in [-0.2, -0.15) is 0 Å². The van der Waals surface area contributed by atoms with Crippen LogP contribution in [0.2, 0.25) is 10.0 Å². The third kappa shape index (κ3) is 7.25. The molecule has 0 spiro atoms. The summed E-state index contributed by atoms with van der Waals surface area (Å²) in [5.41, 5.74) is 3.12. The largest absolute Gasteiger partial charge is 0.495 e. The number of carboxylic acid groups (broad SMARTS) is 1. The lowest BCUT2D eigenvalue weighted by Crippen LogP contribution is -2.49. The molecule has 0 saturated carbocycles. The van der Waals surface area contributed by atoms with Gasteiger partial charge >= 0.3 is 5.97 Å². The van der Waals surface area contributed by atoms with E-state index in [2.05, 4.69) is 4.90 Å². The number of carboxylic acids is 1. The molecule has 0 bridgehead atoms. The number of carbonyl (C=O) groups is 3. The van der Waals surface area contributed by atoms with Crippen molar-refractivity contribution in [2.75, 3.05) is 44.7 Å². The topological polar surface area (TPSA) is 90.4 Å². The number of amides is 2. The molecule has 0 radical (unpaired) electrons. The van der Waals surface area contributed by atoms with Gasteiger partial charge < -0.3 is 24.5 Å². The van der Waals surface area contributed by atoms with Crippen molar-refractivity contribution in [2.45, 2.75) is 25.8 Å². The quantitative estimate of drug-likeness (QED) is 0.331. The van der Waals surface area contributed by atoms with Crippen LogP contribution in [0.5, 0.6) is 5.75 Å². The van der Waals surface area contributed by atoms with Gasteiger partial charge in [0.25, 0.3) is 5.91 Å². The maximum Gasteiger partial charge on any atom is 0.303 e. The summed E-state index contributed by atoms with van der Waals surface area (Å²) in [6, 6.07) is 20.4. The molecule has 2 aliphatic rings. The van der Waals surface area contributed by atoms with E-state index < -0.39 is 11.9 Å². The Morgan fingerprint density at radius 2 is 1.67 bits per heavy atom. The first-order valence-corrected chi connectivity index (χ1v) is 15.2. The molecule has 3 aromatic carbocycles. The smallest absolute Gasteiger partial charge is 0.303 e. The number of anilines is 1. The standard InChI is InChI=1S/C33H35Cl2N3O5/c1-43-30-9-5-4-8-29(30)36-12-14-37(15-13-36)33(42)27-7-3-2-6-23(27)18-25-16-22(17-31(39)40)20-38(32(25)41)21-24-10-11-26(34)19-28(24)35/h2-11,19,22,25H,12-18,20-21H2,1H3,(H,39,40). The highest BCUT2D eigenvalue weighted by Crippen LogP contribution is 2.33. The second-order valence-electron chi connectivity index (χ2n) is 11.2. The number of para-hydroxylation sites is 2. The summed E-state index contributed by atoms with van der Waals surface area (Å²) in [4.78, 5) is 44.9. The Labute approximate surface area is 261 Å². The van der Waals surface area contributed by atoms with Gasteiger partial charge in [0.2, 0.25) is 5.91 Å². The van der Waals surface area contributed by atoms with Crippen LogP contribution in [0.1, 0.15) is 34.3 Å². The van der Waals surface area contributed by atoms with Crippen LogP contribution in [-0.2, 0) is 22.6 Å². The summed E-state index contributed by atoms with van der Waals surface area (Å²) < 4.78 is 5.52. The Kier molecular flexibility index (Phi) is 9.78. The molecule has 0 aliphatic carbocycles. The second kappa shape index (κ2) is 13.7. The summed E-state index contributed by atoms with van der Waals surface area (Å²) in [6.07, 6.45) is 0.755. The van der Waals surface area contributed by atoms with Gasteiger partial charge in [0, 0.05) is 67.2 Å². The lowest BCUT2D eigenvalue weighted by Gasteiger charge is -2.38. The van der Waals surface area contributed by atoms with Gasteiger partial charge in [-0.25, -0.2) is 0 Å². The van der Waals surface area contributed by atoms with E-state index in [0.29, 0.717) is 61.2 Å². The number of aliphatic carboxylic acids is 1. The van der Waals surface area contributed by atoms with Gasteiger partial charge in [-0.1, -0.05) is 59.6 Å². The summed E-state index contributed by atoms with van der Waals surface area (Å²) in [7, 11) is 1.66. The van der Waals surface area contributed by atoms with Gasteiger partial charge in [0.05, 0.1) is 12.8 Å². The molecule has 5 rings (SSSR count). The first-order chi connectivity index (χ1) is 20.7. The molecule has 2 unspecified atom stereocenters. The number of carbonyl (C=O) groups excluding carboxylic acids is 2. The number of likely N-dealkylation sites (tertiary alicyclic amines) is 1. The molecule has 2 saturated heterocycles. The predicted octanol–water partition coefficient (Wildman–Crippen LogP) is 5.65. The molecular formula is C33H35Cl2N3O5. The maximum atomic E-state index is 13.8. The van der Waals surface area contributed by atoms with Crippen molar-refractivity contribution in [3.63, 3.8) is 0 Å². The molecule has 43 heavy (non-hydrogen) atoms. The van der Waals surface area contributed by atoms with Gasteiger partial charge in [-0.05, 0) is 60.2 Å². The molecule has 2 heterocycles. The number of rotatable bonds is 9. The Balaban J connectivity index is 1.31. The summed E-state index contributed by atoms with van der Waals surface area (Å²) in [5.74, 6) is -0.896. The van der Waals surface area contributed by atoms with Crippen molar-refractivity contribution in [3.05, 3.63) is 93.5 Å². The molecular weight excluding hydrogens is 589 g/mol. The van der Waals surface area contributed by atoms with Crippen molar-refractivity contribution in [3.8, 4) is 5.75 Å². The third-order valence-electron chi connectivity index (χ3n) is 8.30. The fourth-order valence-electron chi connectivity index (χ4n) is 6.19. The van der Waals surface area contributed by atoms with E-state index >= 15 is 0 Å². The number of piperidine rings is 1. The van der Waals surface area contributed by atoms with Crippen molar-refractivity contribution in [1.82, 2.24) is 9.80 Å². The summed E-state index contributed by atoms with van der Waals surface area (Å²) in [5, 5.41) is 10.5. The SMILES string of the molecule is COc1ccccc1N1CCN(C(=O)c2ccccc2CC2CC(CC(=O)O)CN(Cc3ccc(Cl)cc3Cl)C2=O)CC1. The monoisotopic (exact) mass is 623 g/mol. The first kappa shape index (κ1) is 30.7. The Hall–Kier alpha value is -3.75. The average Bonchev–Trinajstić information content (AvgIpc) is 3.00. The lowest BCUT2D eigenvalue weighted by atomic mass is 9.82. The number of nitrogens with zero attached hydrogens (tertiary/aromatic N) is 3. The maximum absolute atomic E-state index is 13.8. The minimum atomic E-state index is -0.898. The molecule has 2 aliphatic heterocycles. The zero-order valence-corrected chi connectivity index (χ0v) is 25.6. The molecule has 3 aromatic rings. The third-order valence-corrected chi connectivity index (χ3v) is 8.89. The van der Waals surface area contributed by atoms with Crippen molar-refractivity contribution in [2.24, 2.45) is 11.8 Å². The molecule has 2 atom stereocenters. The zero-order valence-electron chi connectivity index (χ0n) is 24.0. The van der Waals surface area contributed by atoms with E-state index in [1.54, 1.807) is 30.2 Å². The molecule has 2 amide bonds. The minimum absolute atomic E-state index is 0.0360. The van der Waals surface area contributed by atoms with Crippen LogP contribution in [0.4, 0.5) is 5.69 Å². The Morgan fingerprint density at radius 3 is 2.40 bits per heavy atom. The number of benzene rings is 3. The second-order valence-corrected chi connectivity index (χ2v) is 12.0. The van der Waals surface area contributed by atoms with Crippen molar-refractivity contribution < 1.29 is 24.2 Å². The van der Waals surface area contributed by atoms with Crippen LogP contribution in [0.15, 0.2) is 66.7 Å². The highest BCUT2D eigenvalue weighted by Gasteiger charge is 2.36. The molecule has 2 fully saturated rings. The number of hydrogen-bond donors (Lipinski definition) is 1. The van der Waals surface area contributed by atoms with E-state index in [-0.39, 0.29) is 30.7 Å². The van der Waals surface area contributed by atoms with Crippen LogP contribution in [-0.4, -0.2) is 72.5 Å². The Bertz CT molecular complexity index is 1490. The molecule has 10 heteroatoms. The van der Waals surface area contributed by atoms with Crippen molar-refractivity contribution in [1.29, 1.82) is 0 Å². The normalized spacial score (nSPS) is 19.0. The number of ether oxygens (including phenoxy) is 1. The van der Waals surface area contributed by atoms with Crippen LogP contribution < -0.4 is 9.64 Å².